The minimum absolute atomic E-state index is 0.00781. The third-order valence-electron chi connectivity index (χ3n) is 3.82. The summed E-state index contributed by atoms with van der Waals surface area (Å²) in [5.74, 6) is -0.777. The Balaban J connectivity index is 1.58. The van der Waals surface area contributed by atoms with Crippen LogP contribution >= 0.6 is 11.3 Å². The van der Waals surface area contributed by atoms with Gasteiger partial charge in [0.15, 0.2) is 6.61 Å². The van der Waals surface area contributed by atoms with Gasteiger partial charge < -0.3 is 10.1 Å². The first-order valence-corrected chi connectivity index (χ1v) is 11.1. The lowest BCUT2D eigenvalue weighted by atomic mass is 10.2. The van der Waals surface area contributed by atoms with E-state index in [1.54, 1.807) is 0 Å². The van der Waals surface area contributed by atoms with Crippen molar-refractivity contribution >= 4 is 33.0 Å². The van der Waals surface area contributed by atoms with Crippen LogP contribution < -0.4 is 14.8 Å². The van der Waals surface area contributed by atoms with Crippen LogP contribution in [0.5, 0.6) is 5.88 Å². The summed E-state index contributed by atoms with van der Waals surface area (Å²) in [5, 5.41) is 4.36. The summed E-state index contributed by atoms with van der Waals surface area (Å²) in [7, 11) is -3.74. The van der Waals surface area contributed by atoms with E-state index in [1.165, 1.54) is 47.7 Å². The molecule has 1 amide bonds. The van der Waals surface area contributed by atoms with Crippen LogP contribution in [-0.4, -0.2) is 32.1 Å². The summed E-state index contributed by atoms with van der Waals surface area (Å²) in [6.07, 6.45) is -3.33. The van der Waals surface area contributed by atoms with Gasteiger partial charge >= 0.3 is 6.18 Å². The Hall–Kier alpha value is -2.96. The lowest BCUT2D eigenvalue weighted by Crippen LogP contribution is -2.23. The van der Waals surface area contributed by atoms with Crippen molar-refractivity contribution in [2.75, 3.05) is 11.9 Å². The van der Waals surface area contributed by atoms with Gasteiger partial charge in [0, 0.05) is 23.1 Å². The summed E-state index contributed by atoms with van der Waals surface area (Å²) in [6.45, 7) is -1.30. The predicted molar refractivity (Wildman–Crippen MR) is 109 cm³/mol. The molecular formula is C19H16F3N3O4S2. The van der Waals surface area contributed by atoms with Gasteiger partial charge in [-0.2, -0.15) is 13.2 Å². The van der Waals surface area contributed by atoms with E-state index in [-0.39, 0.29) is 28.6 Å². The lowest BCUT2D eigenvalue weighted by Gasteiger charge is -2.10. The lowest BCUT2D eigenvalue weighted by molar-refractivity contribution is -0.154. The Labute approximate surface area is 179 Å². The van der Waals surface area contributed by atoms with Gasteiger partial charge in [-0.25, -0.2) is 18.1 Å². The summed E-state index contributed by atoms with van der Waals surface area (Å²) < 4.78 is 68.1. The number of thiophene rings is 1. The van der Waals surface area contributed by atoms with E-state index in [2.05, 4.69) is 19.8 Å². The number of hydrogen-bond acceptors (Lipinski definition) is 6. The summed E-state index contributed by atoms with van der Waals surface area (Å²) in [5.41, 5.74) is 0.424. The standard InChI is InChI=1S/C19H16F3N3O4S2/c20-19(21,22)12-29-17-8-5-14(10-23-17)25-18(26)13-3-6-16(7-4-13)31(27,28)24-11-15-2-1-9-30-15/h1-10,24H,11-12H2,(H,25,26). The van der Waals surface area contributed by atoms with Crippen LogP contribution in [0.1, 0.15) is 15.2 Å². The van der Waals surface area contributed by atoms with E-state index >= 15 is 0 Å². The quantitative estimate of drug-likeness (QED) is 0.521. The maximum Gasteiger partial charge on any atom is 0.422 e. The highest BCUT2D eigenvalue weighted by molar-refractivity contribution is 7.89. The number of ether oxygens (including phenoxy) is 1. The van der Waals surface area contributed by atoms with E-state index in [4.69, 9.17) is 0 Å². The molecule has 0 bridgehead atoms. The number of halogens is 3. The average molecular weight is 471 g/mol. The maximum atomic E-state index is 12.3. The highest BCUT2D eigenvalue weighted by Gasteiger charge is 2.28. The molecule has 0 saturated heterocycles. The molecule has 164 valence electrons. The van der Waals surface area contributed by atoms with Crippen molar-refractivity contribution in [2.45, 2.75) is 17.6 Å². The normalized spacial score (nSPS) is 11.8. The highest BCUT2D eigenvalue weighted by Crippen LogP contribution is 2.19. The minimum Gasteiger partial charge on any atom is -0.468 e. The third kappa shape index (κ3) is 6.77. The zero-order valence-corrected chi connectivity index (χ0v) is 17.4. The molecule has 2 heterocycles. The zero-order valence-electron chi connectivity index (χ0n) is 15.7. The molecular weight excluding hydrogens is 455 g/mol. The molecule has 12 heteroatoms. The van der Waals surface area contributed by atoms with Gasteiger partial charge in [-0.3, -0.25) is 4.79 Å². The largest absolute Gasteiger partial charge is 0.468 e. The van der Waals surface area contributed by atoms with Crippen molar-refractivity contribution in [1.82, 2.24) is 9.71 Å². The summed E-state index contributed by atoms with van der Waals surface area (Å²) in [6, 6.07) is 11.5. The predicted octanol–water partition coefficient (Wildman–Crippen LogP) is 3.82. The molecule has 2 aromatic heterocycles. The molecule has 3 aromatic rings. The molecule has 7 nitrogen and oxygen atoms in total. The molecule has 0 aliphatic rings. The van der Waals surface area contributed by atoms with Gasteiger partial charge in [-0.1, -0.05) is 6.07 Å². The number of alkyl halides is 3. The number of pyridine rings is 1. The smallest absolute Gasteiger partial charge is 0.422 e. The Bertz CT molecular complexity index is 1120. The Morgan fingerprint density at radius 3 is 2.42 bits per heavy atom. The van der Waals surface area contributed by atoms with E-state index in [9.17, 15) is 26.4 Å². The molecule has 0 radical (unpaired) electrons. The first-order chi connectivity index (χ1) is 14.6. The maximum absolute atomic E-state index is 12.3. The molecule has 3 rings (SSSR count). The molecule has 0 fully saturated rings. The van der Waals surface area contributed by atoms with Crippen LogP contribution in [0.4, 0.5) is 18.9 Å². The highest BCUT2D eigenvalue weighted by atomic mass is 32.2. The van der Waals surface area contributed by atoms with Crippen LogP contribution in [0, 0.1) is 0 Å². The van der Waals surface area contributed by atoms with Gasteiger partial charge in [0.2, 0.25) is 15.9 Å². The molecule has 0 saturated carbocycles. The second-order valence-electron chi connectivity index (χ2n) is 6.17. The van der Waals surface area contributed by atoms with Crippen LogP contribution in [-0.2, 0) is 16.6 Å². The number of rotatable bonds is 8. The number of carbonyl (C=O) groups excluding carboxylic acids is 1. The molecule has 0 spiro atoms. The number of nitrogens with one attached hydrogen (secondary N) is 2. The molecule has 1 aromatic carbocycles. The van der Waals surface area contributed by atoms with Crippen LogP contribution in [0.15, 0.2) is 65.0 Å². The number of hydrogen-bond donors (Lipinski definition) is 2. The van der Waals surface area contributed by atoms with Gasteiger partial charge in [0.25, 0.3) is 5.91 Å². The van der Waals surface area contributed by atoms with Crippen molar-refractivity contribution in [1.29, 1.82) is 0 Å². The zero-order chi connectivity index (χ0) is 22.5. The third-order valence-corrected chi connectivity index (χ3v) is 6.11. The number of benzene rings is 1. The fourth-order valence-corrected chi connectivity index (χ4v) is 4.09. The summed E-state index contributed by atoms with van der Waals surface area (Å²) >= 11 is 1.43. The molecule has 0 aliphatic heterocycles. The first-order valence-electron chi connectivity index (χ1n) is 8.71. The second-order valence-corrected chi connectivity index (χ2v) is 8.97. The Morgan fingerprint density at radius 2 is 1.84 bits per heavy atom. The number of nitrogens with zero attached hydrogens (tertiary/aromatic N) is 1. The van der Waals surface area contributed by atoms with E-state index in [0.717, 1.165) is 11.1 Å². The van der Waals surface area contributed by atoms with Gasteiger partial charge in [-0.15, -0.1) is 11.3 Å². The number of amides is 1. The monoisotopic (exact) mass is 471 g/mol. The molecule has 0 unspecified atom stereocenters. The van der Waals surface area contributed by atoms with Crippen molar-refractivity contribution in [3.8, 4) is 5.88 Å². The van der Waals surface area contributed by atoms with Crippen LogP contribution in [0.25, 0.3) is 0 Å². The number of aromatic nitrogens is 1. The molecule has 0 atom stereocenters. The van der Waals surface area contributed by atoms with E-state index < -0.39 is 28.7 Å². The number of sulfonamides is 1. The Morgan fingerprint density at radius 1 is 1.10 bits per heavy atom. The van der Waals surface area contributed by atoms with Crippen molar-refractivity contribution in [2.24, 2.45) is 0 Å². The van der Waals surface area contributed by atoms with Crippen LogP contribution in [0.3, 0.4) is 0 Å². The average Bonchev–Trinajstić information content (AvgIpc) is 3.25. The van der Waals surface area contributed by atoms with Crippen molar-refractivity contribution < 1.29 is 31.1 Å². The van der Waals surface area contributed by atoms with E-state index in [1.807, 2.05) is 17.5 Å². The fourth-order valence-electron chi connectivity index (χ4n) is 2.35. The molecule has 0 aliphatic carbocycles. The SMILES string of the molecule is O=C(Nc1ccc(OCC(F)(F)F)nc1)c1ccc(S(=O)(=O)NCc2cccs2)cc1. The van der Waals surface area contributed by atoms with E-state index in [0.29, 0.717) is 0 Å². The van der Waals surface area contributed by atoms with Gasteiger partial charge in [-0.05, 0) is 41.8 Å². The minimum atomic E-state index is -4.48. The first kappa shape index (κ1) is 22.7. The molecule has 2 N–H and O–H groups in total. The van der Waals surface area contributed by atoms with Crippen LogP contribution in [0.2, 0.25) is 0 Å². The summed E-state index contributed by atoms with van der Waals surface area (Å²) in [4.78, 5) is 16.9. The number of carbonyl (C=O) groups is 1. The van der Waals surface area contributed by atoms with Gasteiger partial charge in [0.05, 0.1) is 16.8 Å². The molecule has 31 heavy (non-hydrogen) atoms. The second kappa shape index (κ2) is 9.45. The fraction of sp³-hybridized carbons (Fsp3) is 0.158. The van der Waals surface area contributed by atoms with Crippen molar-refractivity contribution in [3.05, 3.63) is 70.5 Å². The Kier molecular flexibility index (Phi) is 6.93. The van der Waals surface area contributed by atoms with Gasteiger partial charge in [0.1, 0.15) is 0 Å². The number of anilines is 1. The topological polar surface area (TPSA) is 97.4 Å². The van der Waals surface area contributed by atoms with Crippen molar-refractivity contribution in [3.63, 3.8) is 0 Å².